The van der Waals surface area contributed by atoms with Gasteiger partial charge in [0.25, 0.3) is 5.91 Å². The van der Waals surface area contributed by atoms with Crippen molar-refractivity contribution in [2.75, 3.05) is 30.4 Å². The Labute approximate surface area is 208 Å². The average Bonchev–Trinajstić information content (AvgIpc) is 3.50. The van der Waals surface area contributed by atoms with E-state index in [9.17, 15) is 9.18 Å². The molecule has 33 heavy (non-hydrogen) atoms. The van der Waals surface area contributed by atoms with Crippen molar-refractivity contribution in [3.63, 3.8) is 0 Å². The van der Waals surface area contributed by atoms with Crippen LogP contribution in [0.1, 0.15) is 22.5 Å². The van der Waals surface area contributed by atoms with E-state index in [0.29, 0.717) is 30.6 Å². The lowest BCUT2D eigenvalue weighted by atomic mass is 10.2. The Morgan fingerprint density at radius 3 is 2.76 bits per heavy atom. The summed E-state index contributed by atoms with van der Waals surface area (Å²) in [6, 6.07) is 14.0. The summed E-state index contributed by atoms with van der Waals surface area (Å²) in [4.78, 5) is 22.4. The van der Waals surface area contributed by atoms with Crippen molar-refractivity contribution in [3.8, 4) is 0 Å². The molecule has 0 saturated carbocycles. The number of aliphatic imine (C=N–C) groups is 1. The molecule has 0 bridgehead atoms. The highest BCUT2D eigenvalue weighted by Gasteiger charge is 2.25. The number of anilines is 2. The molecule has 1 amide bonds. The highest BCUT2D eigenvalue weighted by atomic mass is 127. The molecular weight excluding hydrogens is 538 g/mol. The summed E-state index contributed by atoms with van der Waals surface area (Å²) in [5, 5.41) is 9.47. The van der Waals surface area contributed by atoms with Gasteiger partial charge in [-0.2, -0.15) is 0 Å². The third-order valence-electron chi connectivity index (χ3n) is 5.21. The number of pyridine rings is 1. The summed E-state index contributed by atoms with van der Waals surface area (Å²) < 4.78 is 19.1. The SMILES string of the molecule is CN=C(NCc1ccc(NC(=O)c2ccco2)cc1)NC1CCN(c2ncccc2F)C1.I. The van der Waals surface area contributed by atoms with Gasteiger partial charge < -0.3 is 25.3 Å². The van der Waals surface area contributed by atoms with Gasteiger partial charge in [-0.25, -0.2) is 9.37 Å². The number of nitrogens with one attached hydrogen (secondary N) is 3. The minimum Gasteiger partial charge on any atom is -0.459 e. The van der Waals surface area contributed by atoms with E-state index >= 15 is 0 Å². The van der Waals surface area contributed by atoms with Crippen LogP contribution in [0.25, 0.3) is 0 Å². The van der Waals surface area contributed by atoms with Gasteiger partial charge in [0.05, 0.1) is 6.26 Å². The highest BCUT2D eigenvalue weighted by molar-refractivity contribution is 14.0. The standard InChI is InChI=1S/C23H25FN6O2.HI/c1-25-23(29-18-10-12-30(15-18)21-19(24)4-2-11-26-21)27-14-16-6-8-17(9-7-16)28-22(31)20-5-3-13-32-20;/h2-9,11,13,18H,10,12,14-15H2,1H3,(H,28,31)(H2,25,27,29);1H. The second-order valence-corrected chi connectivity index (χ2v) is 7.44. The molecule has 1 saturated heterocycles. The summed E-state index contributed by atoms with van der Waals surface area (Å²) in [6.07, 6.45) is 3.93. The lowest BCUT2D eigenvalue weighted by Crippen LogP contribution is -2.44. The summed E-state index contributed by atoms with van der Waals surface area (Å²) in [6.45, 7) is 1.95. The molecule has 1 atom stereocenters. The van der Waals surface area contributed by atoms with Gasteiger partial charge in [-0.15, -0.1) is 24.0 Å². The Morgan fingerprint density at radius 2 is 2.06 bits per heavy atom. The molecule has 3 heterocycles. The topological polar surface area (TPSA) is 94.8 Å². The lowest BCUT2D eigenvalue weighted by Gasteiger charge is -2.20. The predicted molar refractivity (Wildman–Crippen MR) is 137 cm³/mol. The molecule has 1 aromatic carbocycles. The van der Waals surface area contributed by atoms with Gasteiger partial charge in [-0.1, -0.05) is 12.1 Å². The summed E-state index contributed by atoms with van der Waals surface area (Å²) in [5.74, 6) is 0.732. The molecule has 8 nitrogen and oxygen atoms in total. The molecule has 1 aliphatic heterocycles. The first-order valence-electron chi connectivity index (χ1n) is 10.4. The second kappa shape index (κ2) is 11.6. The number of rotatable bonds is 6. The van der Waals surface area contributed by atoms with Gasteiger partial charge >= 0.3 is 0 Å². The van der Waals surface area contributed by atoms with Crippen LogP contribution in [0.4, 0.5) is 15.9 Å². The first kappa shape index (κ1) is 24.5. The van der Waals surface area contributed by atoms with Crippen LogP contribution < -0.4 is 20.9 Å². The number of guanidine groups is 1. The summed E-state index contributed by atoms with van der Waals surface area (Å²) >= 11 is 0. The monoisotopic (exact) mass is 564 g/mol. The fraction of sp³-hybridized carbons (Fsp3) is 0.261. The number of furan rings is 1. The zero-order valence-electron chi connectivity index (χ0n) is 18.1. The predicted octanol–water partition coefficient (Wildman–Crippen LogP) is 3.63. The molecule has 1 unspecified atom stereocenters. The fourth-order valence-electron chi connectivity index (χ4n) is 3.56. The molecule has 0 radical (unpaired) electrons. The number of halogens is 2. The molecule has 10 heteroatoms. The van der Waals surface area contributed by atoms with E-state index in [-0.39, 0.29) is 47.5 Å². The minimum atomic E-state index is -0.306. The quantitative estimate of drug-likeness (QED) is 0.241. The van der Waals surface area contributed by atoms with Crippen molar-refractivity contribution < 1.29 is 13.6 Å². The smallest absolute Gasteiger partial charge is 0.291 e. The van der Waals surface area contributed by atoms with E-state index < -0.39 is 0 Å². The molecule has 0 aliphatic carbocycles. The Bertz CT molecular complexity index is 1070. The van der Waals surface area contributed by atoms with E-state index in [1.54, 1.807) is 31.4 Å². The Hall–Kier alpha value is -3.15. The van der Waals surface area contributed by atoms with Crippen LogP contribution in [-0.2, 0) is 6.54 Å². The van der Waals surface area contributed by atoms with Crippen molar-refractivity contribution in [1.29, 1.82) is 0 Å². The van der Waals surface area contributed by atoms with Crippen molar-refractivity contribution in [2.24, 2.45) is 4.99 Å². The number of carbonyl (C=O) groups is 1. The van der Waals surface area contributed by atoms with Gasteiger partial charge in [-0.3, -0.25) is 9.79 Å². The van der Waals surface area contributed by atoms with E-state index in [1.807, 2.05) is 29.2 Å². The lowest BCUT2D eigenvalue weighted by molar-refractivity contribution is 0.0996. The van der Waals surface area contributed by atoms with Gasteiger partial charge in [0.2, 0.25) is 0 Å². The van der Waals surface area contributed by atoms with Crippen LogP contribution in [0.3, 0.4) is 0 Å². The van der Waals surface area contributed by atoms with E-state index in [2.05, 4.69) is 25.9 Å². The summed E-state index contributed by atoms with van der Waals surface area (Å²) in [5.41, 5.74) is 1.72. The van der Waals surface area contributed by atoms with Crippen LogP contribution in [0.15, 0.2) is 70.4 Å². The Morgan fingerprint density at radius 1 is 1.24 bits per heavy atom. The number of hydrogen-bond acceptors (Lipinski definition) is 5. The molecule has 174 valence electrons. The number of nitrogens with zero attached hydrogens (tertiary/aromatic N) is 3. The molecule has 4 rings (SSSR count). The average molecular weight is 564 g/mol. The zero-order chi connectivity index (χ0) is 22.3. The highest BCUT2D eigenvalue weighted by Crippen LogP contribution is 2.20. The molecular formula is C23H26FIN6O2. The van der Waals surface area contributed by atoms with Crippen LogP contribution in [0.2, 0.25) is 0 Å². The number of amides is 1. The number of carbonyl (C=O) groups excluding carboxylic acids is 1. The van der Waals surface area contributed by atoms with Gasteiger partial charge in [0.1, 0.15) is 0 Å². The van der Waals surface area contributed by atoms with Crippen LogP contribution in [-0.4, -0.2) is 43.0 Å². The van der Waals surface area contributed by atoms with Gasteiger partial charge in [-0.05, 0) is 48.4 Å². The maximum atomic E-state index is 14.0. The van der Waals surface area contributed by atoms with Crippen LogP contribution in [0.5, 0.6) is 0 Å². The number of aromatic nitrogens is 1. The van der Waals surface area contributed by atoms with Gasteiger partial charge in [0.15, 0.2) is 23.4 Å². The summed E-state index contributed by atoms with van der Waals surface area (Å²) in [7, 11) is 1.72. The van der Waals surface area contributed by atoms with E-state index in [4.69, 9.17) is 4.42 Å². The normalized spacial score (nSPS) is 15.6. The first-order chi connectivity index (χ1) is 15.6. The minimum absolute atomic E-state index is 0. The molecule has 3 aromatic rings. The maximum Gasteiger partial charge on any atom is 0.291 e. The number of hydrogen-bond donors (Lipinski definition) is 3. The molecule has 0 spiro atoms. The third kappa shape index (κ3) is 6.44. The van der Waals surface area contributed by atoms with E-state index in [1.165, 1.54) is 12.3 Å². The maximum absolute atomic E-state index is 14.0. The first-order valence-corrected chi connectivity index (χ1v) is 10.4. The second-order valence-electron chi connectivity index (χ2n) is 7.44. The molecule has 1 aliphatic rings. The zero-order valence-corrected chi connectivity index (χ0v) is 20.5. The van der Waals surface area contributed by atoms with Crippen molar-refractivity contribution >= 4 is 47.3 Å². The van der Waals surface area contributed by atoms with Crippen molar-refractivity contribution in [3.05, 3.63) is 78.1 Å². The third-order valence-corrected chi connectivity index (χ3v) is 5.21. The number of benzene rings is 1. The van der Waals surface area contributed by atoms with Crippen molar-refractivity contribution in [2.45, 2.75) is 19.0 Å². The Balaban J connectivity index is 0.00000306. The van der Waals surface area contributed by atoms with Crippen molar-refractivity contribution in [1.82, 2.24) is 15.6 Å². The fourth-order valence-corrected chi connectivity index (χ4v) is 3.56. The van der Waals surface area contributed by atoms with Gasteiger partial charge in [0, 0.05) is 44.6 Å². The van der Waals surface area contributed by atoms with E-state index in [0.717, 1.165) is 18.5 Å². The molecule has 1 fully saturated rings. The van der Waals surface area contributed by atoms with Crippen LogP contribution in [0, 0.1) is 5.82 Å². The molecule has 3 N–H and O–H groups in total. The molecule has 2 aromatic heterocycles. The Kier molecular flexibility index (Phi) is 8.64. The van der Waals surface area contributed by atoms with Crippen LogP contribution >= 0.6 is 24.0 Å². The largest absolute Gasteiger partial charge is 0.459 e.